The molecule has 1 fully saturated rings. The summed E-state index contributed by atoms with van der Waals surface area (Å²) in [5.74, 6) is 1.21. The number of aliphatic hydroxyl groups is 1. The maximum Gasteiger partial charge on any atom is 0.220 e. The molecule has 1 heterocycles. The zero-order chi connectivity index (χ0) is 14.7. The van der Waals surface area contributed by atoms with Crippen LogP contribution in [0.25, 0.3) is 0 Å². The summed E-state index contributed by atoms with van der Waals surface area (Å²) in [5.41, 5.74) is 0.866. The van der Waals surface area contributed by atoms with Gasteiger partial charge in [0.25, 0.3) is 0 Å². The molecule has 0 aromatic heterocycles. The highest BCUT2D eigenvalue weighted by Crippen LogP contribution is 2.36. The first-order valence-electron chi connectivity index (χ1n) is 6.75. The second kappa shape index (κ2) is 6.13. The molecule has 5 heteroatoms. The van der Waals surface area contributed by atoms with Crippen molar-refractivity contribution in [2.45, 2.75) is 31.9 Å². The Kier molecular flexibility index (Phi) is 4.49. The van der Waals surface area contributed by atoms with Crippen molar-refractivity contribution in [2.75, 3.05) is 20.8 Å². The van der Waals surface area contributed by atoms with Crippen LogP contribution in [0.3, 0.4) is 0 Å². The quantitative estimate of drug-likeness (QED) is 0.915. The number of methoxy groups -OCH3 is 2. The summed E-state index contributed by atoms with van der Waals surface area (Å²) in [7, 11) is 3.15. The van der Waals surface area contributed by atoms with E-state index in [-0.39, 0.29) is 11.9 Å². The van der Waals surface area contributed by atoms with Gasteiger partial charge in [0.05, 0.1) is 26.4 Å². The maximum atomic E-state index is 11.8. The van der Waals surface area contributed by atoms with Gasteiger partial charge in [-0.3, -0.25) is 4.79 Å². The lowest BCUT2D eigenvalue weighted by molar-refractivity contribution is -0.136. The van der Waals surface area contributed by atoms with Gasteiger partial charge < -0.3 is 19.5 Å². The van der Waals surface area contributed by atoms with Crippen molar-refractivity contribution in [1.29, 1.82) is 0 Å². The van der Waals surface area contributed by atoms with Crippen LogP contribution >= 0.6 is 0 Å². The molecule has 1 saturated heterocycles. The van der Waals surface area contributed by atoms with Gasteiger partial charge in [-0.25, -0.2) is 0 Å². The number of nitrogens with zero attached hydrogens (tertiary/aromatic N) is 1. The van der Waals surface area contributed by atoms with Crippen molar-refractivity contribution in [3.63, 3.8) is 0 Å². The molecule has 110 valence electrons. The Balaban J connectivity index is 2.38. The Morgan fingerprint density at radius 2 is 2.00 bits per heavy atom. The molecular formula is C15H21NO4. The van der Waals surface area contributed by atoms with Crippen LogP contribution in [-0.4, -0.2) is 42.8 Å². The fourth-order valence-electron chi connectivity index (χ4n) is 2.77. The minimum absolute atomic E-state index is 0.0245. The number of likely N-dealkylation sites (tertiary alicyclic amines) is 1. The average Bonchev–Trinajstić information content (AvgIpc) is 2.46. The third kappa shape index (κ3) is 2.72. The highest BCUT2D eigenvalue weighted by Gasteiger charge is 2.33. The molecule has 2 atom stereocenters. The van der Waals surface area contributed by atoms with E-state index in [1.165, 1.54) is 6.92 Å². The zero-order valence-corrected chi connectivity index (χ0v) is 12.1. The van der Waals surface area contributed by atoms with Crippen molar-refractivity contribution in [3.8, 4) is 11.5 Å². The summed E-state index contributed by atoms with van der Waals surface area (Å²) in [4.78, 5) is 13.5. The molecule has 0 aliphatic carbocycles. The molecular weight excluding hydrogens is 258 g/mol. The molecule has 1 amide bonds. The van der Waals surface area contributed by atoms with Gasteiger partial charge in [0, 0.05) is 13.5 Å². The number of hydrogen-bond donors (Lipinski definition) is 1. The first kappa shape index (κ1) is 14.7. The number of rotatable bonds is 3. The van der Waals surface area contributed by atoms with E-state index in [1.807, 2.05) is 12.1 Å². The van der Waals surface area contributed by atoms with Crippen molar-refractivity contribution in [3.05, 3.63) is 23.8 Å². The van der Waals surface area contributed by atoms with E-state index >= 15 is 0 Å². The van der Waals surface area contributed by atoms with Gasteiger partial charge in [0.1, 0.15) is 0 Å². The first-order valence-corrected chi connectivity index (χ1v) is 6.75. The molecule has 1 N–H and O–H groups in total. The second-order valence-electron chi connectivity index (χ2n) is 4.98. The van der Waals surface area contributed by atoms with Gasteiger partial charge in [-0.05, 0) is 30.5 Å². The summed E-state index contributed by atoms with van der Waals surface area (Å²) in [6.07, 6.45) is 0.971. The molecule has 5 nitrogen and oxygen atoms in total. The number of amides is 1. The molecule has 1 aliphatic heterocycles. The third-order valence-corrected chi connectivity index (χ3v) is 3.75. The van der Waals surface area contributed by atoms with E-state index in [9.17, 15) is 9.90 Å². The molecule has 0 unspecified atom stereocenters. The summed E-state index contributed by atoms with van der Waals surface area (Å²) < 4.78 is 10.5. The molecule has 1 aliphatic rings. The van der Waals surface area contributed by atoms with Crippen molar-refractivity contribution in [1.82, 2.24) is 4.90 Å². The molecule has 1 aromatic rings. The number of benzene rings is 1. The van der Waals surface area contributed by atoms with Gasteiger partial charge in [-0.15, -0.1) is 0 Å². The van der Waals surface area contributed by atoms with E-state index in [0.717, 1.165) is 12.0 Å². The normalized spacial score (nSPS) is 22.5. The minimum atomic E-state index is -0.550. The Morgan fingerprint density at radius 1 is 1.30 bits per heavy atom. The van der Waals surface area contributed by atoms with Gasteiger partial charge >= 0.3 is 0 Å². The first-order chi connectivity index (χ1) is 9.58. The Labute approximate surface area is 119 Å². The Hall–Kier alpha value is -1.75. The summed E-state index contributed by atoms with van der Waals surface area (Å²) in [6.45, 7) is 2.21. The van der Waals surface area contributed by atoms with E-state index in [4.69, 9.17) is 9.47 Å². The largest absolute Gasteiger partial charge is 0.493 e. The Bertz CT molecular complexity index is 489. The van der Waals surface area contributed by atoms with Crippen LogP contribution in [0.2, 0.25) is 0 Å². The van der Waals surface area contributed by atoms with Crippen LogP contribution in [0.15, 0.2) is 18.2 Å². The minimum Gasteiger partial charge on any atom is -0.493 e. The average molecular weight is 279 g/mol. The standard InChI is InChI=1S/C15H21NO4/c1-10(17)16-8-4-5-12(18)15(16)11-6-7-13(19-2)14(9-11)20-3/h6-7,9,12,15,18H,4-5,8H2,1-3H3/t12-,15-/m1/s1. The lowest BCUT2D eigenvalue weighted by Gasteiger charge is -2.39. The van der Waals surface area contributed by atoms with Crippen molar-refractivity contribution >= 4 is 5.91 Å². The van der Waals surface area contributed by atoms with Crippen molar-refractivity contribution in [2.24, 2.45) is 0 Å². The van der Waals surface area contributed by atoms with E-state index in [2.05, 4.69) is 0 Å². The highest BCUT2D eigenvalue weighted by molar-refractivity contribution is 5.74. The zero-order valence-electron chi connectivity index (χ0n) is 12.1. The lowest BCUT2D eigenvalue weighted by atomic mass is 9.92. The number of aliphatic hydroxyl groups excluding tert-OH is 1. The van der Waals surface area contributed by atoms with Gasteiger partial charge in [-0.2, -0.15) is 0 Å². The Morgan fingerprint density at radius 3 is 2.60 bits per heavy atom. The number of carbonyl (C=O) groups is 1. The van der Waals surface area contributed by atoms with Crippen LogP contribution in [-0.2, 0) is 4.79 Å². The van der Waals surface area contributed by atoms with Crippen molar-refractivity contribution < 1.29 is 19.4 Å². The fraction of sp³-hybridized carbons (Fsp3) is 0.533. The lowest BCUT2D eigenvalue weighted by Crippen LogP contribution is -2.44. The highest BCUT2D eigenvalue weighted by atomic mass is 16.5. The number of carbonyl (C=O) groups excluding carboxylic acids is 1. The summed E-state index contributed by atoms with van der Waals surface area (Å²) in [5, 5.41) is 10.3. The smallest absolute Gasteiger partial charge is 0.220 e. The second-order valence-corrected chi connectivity index (χ2v) is 4.98. The van der Waals surface area contributed by atoms with Crippen LogP contribution in [0.5, 0.6) is 11.5 Å². The molecule has 0 radical (unpaired) electrons. The molecule has 0 saturated carbocycles. The van der Waals surface area contributed by atoms with E-state index < -0.39 is 6.10 Å². The molecule has 1 aromatic carbocycles. The number of piperidine rings is 1. The third-order valence-electron chi connectivity index (χ3n) is 3.75. The van der Waals surface area contributed by atoms with Gasteiger partial charge in [0.15, 0.2) is 11.5 Å². The fourth-order valence-corrected chi connectivity index (χ4v) is 2.77. The topological polar surface area (TPSA) is 59.0 Å². The summed E-state index contributed by atoms with van der Waals surface area (Å²) in [6, 6.07) is 5.18. The monoisotopic (exact) mass is 279 g/mol. The van der Waals surface area contributed by atoms with Gasteiger partial charge in [0.2, 0.25) is 5.91 Å². The maximum absolute atomic E-state index is 11.8. The molecule has 2 rings (SSSR count). The summed E-state index contributed by atoms with van der Waals surface area (Å²) >= 11 is 0. The van der Waals surface area contributed by atoms with Crippen LogP contribution in [0.4, 0.5) is 0 Å². The van der Waals surface area contributed by atoms with Crippen LogP contribution < -0.4 is 9.47 Å². The van der Waals surface area contributed by atoms with Gasteiger partial charge in [-0.1, -0.05) is 6.07 Å². The number of ether oxygens (including phenoxy) is 2. The van der Waals surface area contributed by atoms with E-state index in [0.29, 0.717) is 24.5 Å². The van der Waals surface area contributed by atoms with Crippen LogP contribution in [0.1, 0.15) is 31.4 Å². The predicted molar refractivity (Wildman–Crippen MR) is 74.9 cm³/mol. The molecule has 0 bridgehead atoms. The van der Waals surface area contributed by atoms with E-state index in [1.54, 1.807) is 25.2 Å². The number of hydrogen-bond acceptors (Lipinski definition) is 4. The molecule has 0 spiro atoms. The predicted octanol–water partition coefficient (Wildman–Crippen LogP) is 1.75. The molecule has 20 heavy (non-hydrogen) atoms. The van der Waals surface area contributed by atoms with Crippen LogP contribution in [0, 0.1) is 0 Å². The SMILES string of the molecule is COc1ccc([C@@H]2[C@H](O)CCCN2C(C)=O)cc1OC.